The Labute approximate surface area is 179 Å². The first-order chi connectivity index (χ1) is 12.4. The Balaban J connectivity index is 2.23. The molecule has 2 aromatic carbocycles. The lowest BCUT2D eigenvalue weighted by molar-refractivity contribution is 0.305. The second-order valence-corrected chi connectivity index (χ2v) is 18.5. The second kappa shape index (κ2) is 8.83. The van der Waals surface area contributed by atoms with Crippen LogP contribution in [0.4, 0.5) is 0 Å². The van der Waals surface area contributed by atoms with Crippen molar-refractivity contribution in [2.24, 2.45) is 0 Å². The molecule has 0 bridgehead atoms. The van der Waals surface area contributed by atoms with Crippen LogP contribution in [0.5, 0.6) is 11.5 Å². The Morgan fingerprint density at radius 3 is 2.11 bits per heavy atom. The van der Waals surface area contributed by atoms with Gasteiger partial charge in [0.25, 0.3) is 0 Å². The SMILES string of the molecule is C=C(O[Si](C)(C)C)c1ccc(OCc2ccc(I)cc2)cc1O[Si](C)(C)C. The number of hydrogen-bond donors (Lipinski definition) is 0. The molecule has 0 aromatic heterocycles. The minimum Gasteiger partial charge on any atom is -0.544 e. The fraction of sp³-hybridized carbons (Fsp3) is 0.333. The Kier molecular flexibility index (Phi) is 7.21. The highest BCUT2D eigenvalue weighted by Crippen LogP contribution is 2.33. The van der Waals surface area contributed by atoms with E-state index in [9.17, 15) is 0 Å². The molecule has 6 heteroatoms. The van der Waals surface area contributed by atoms with Crippen molar-refractivity contribution in [3.8, 4) is 11.5 Å². The summed E-state index contributed by atoms with van der Waals surface area (Å²) in [4.78, 5) is 0. The number of ether oxygens (including phenoxy) is 1. The number of benzene rings is 2. The maximum Gasteiger partial charge on any atom is 0.242 e. The van der Waals surface area contributed by atoms with Crippen LogP contribution in [0, 0.1) is 3.57 Å². The van der Waals surface area contributed by atoms with Crippen LogP contribution in [0.25, 0.3) is 5.76 Å². The van der Waals surface area contributed by atoms with E-state index in [4.69, 9.17) is 13.6 Å². The number of rotatable bonds is 8. The predicted octanol–water partition coefficient (Wildman–Crippen LogP) is 6.91. The summed E-state index contributed by atoms with van der Waals surface area (Å²) in [5, 5.41) is 0. The van der Waals surface area contributed by atoms with Gasteiger partial charge in [0, 0.05) is 9.64 Å². The van der Waals surface area contributed by atoms with Crippen molar-refractivity contribution < 1.29 is 13.6 Å². The molecule has 0 N–H and O–H groups in total. The highest BCUT2D eigenvalue weighted by atomic mass is 127. The first-order valence-electron chi connectivity index (χ1n) is 9.01. The lowest BCUT2D eigenvalue weighted by Gasteiger charge is -2.26. The lowest BCUT2D eigenvalue weighted by Crippen LogP contribution is -2.30. The van der Waals surface area contributed by atoms with Gasteiger partial charge >= 0.3 is 0 Å². The smallest absolute Gasteiger partial charge is 0.242 e. The average molecular weight is 513 g/mol. The fourth-order valence-corrected chi connectivity index (χ4v) is 4.45. The summed E-state index contributed by atoms with van der Waals surface area (Å²) in [5.74, 6) is 2.25. The van der Waals surface area contributed by atoms with Crippen molar-refractivity contribution >= 4 is 45.0 Å². The zero-order chi connectivity index (χ0) is 20.2. The van der Waals surface area contributed by atoms with Gasteiger partial charge in [-0.3, -0.25) is 0 Å². The highest BCUT2D eigenvalue weighted by Gasteiger charge is 2.23. The Morgan fingerprint density at radius 1 is 0.926 bits per heavy atom. The lowest BCUT2D eigenvalue weighted by atomic mass is 10.1. The molecule has 0 radical (unpaired) electrons. The van der Waals surface area contributed by atoms with Crippen molar-refractivity contribution in [3.63, 3.8) is 0 Å². The molecule has 0 saturated heterocycles. The van der Waals surface area contributed by atoms with Crippen LogP contribution in [-0.4, -0.2) is 16.6 Å². The molecule has 0 heterocycles. The maximum atomic E-state index is 6.31. The summed E-state index contributed by atoms with van der Waals surface area (Å²) in [6.07, 6.45) is 0. The van der Waals surface area contributed by atoms with E-state index < -0.39 is 16.6 Å². The van der Waals surface area contributed by atoms with Crippen molar-refractivity contribution in [2.45, 2.75) is 45.9 Å². The zero-order valence-corrected chi connectivity index (χ0v) is 21.2. The van der Waals surface area contributed by atoms with Gasteiger partial charge in [0.2, 0.25) is 16.6 Å². The molecule has 146 valence electrons. The van der Waals surface area contributed by atoms with E-state index in [1.165, 1.54) is 3.57 Å². The van der Waals surface area contributed by atoms with Gasteiger partial charge in [0.1, 0.15) is 23.9 Å². The molecule has 0 spiro atoms. The van der Waals surface area contributed by atoms with Crippen molar-refractivity contribution in [1.29, 1.82) is 0 Å². The van der Waals surface area contributed by atoms with Crippen LogP contribution < -0.4 is 9.16 Å². The standard InChI is InChI=1S/C21H29IO3Si2/c1-16(24-26(2,3)4)20-13-12-19(14-21(20)25-27(5,6)7)23-15-17-8-10-18(22)11-9-17/h8-14H,1,15H2,2-7H3. The summed E-state index contributed by atoms with van der Waals surface area (Å²) in [5.41, 5.74) is 2.04. The summed E-state index contributed by atoms with van der Waals surface area (Å²) in [6, 6.07) is 14.2. The van der Waals surface area contributed by atoms with Gasteiger partial charge in [0.15, 0.2) is 0 Å². The Morgan fingerprint density at radius 2 is 1.56 bits per heavy atom. The molecule has 0 amide bonds. The first kappa shape index (κ1) is 22.0. The molecule has 0 aliphatic heterocycles. The summed E-state index contributed by atoms with van der Waals surface area (Å²) < 4.78 is 19.6. The minimum absolute atomic E-state index is 0.523. The Hall–Kier alpha value is -1.26. The molecular weight excluding hydrogens is 483 g/mol. The van der Waals surface area contributed by atoms with Crippen molar-refractivity contribution in [1.82, 2.24) is 0 Å². The van der Waals surface area contributed by atoms with E-state index >= 15 is 0 Å². The van der Waals surface area contributed by atoms with Gasteiger partial charge in [0.05, 0.1) is 5.56 Å². The van der Waals surface area contributed by atoms with Crippen LogP contribution in [-0.2, 0) is 11.0 Å². The number of hydrogen-bond acceptors (Lipinski definition) is 3. The third-order valence-electron chi connectivity index (χ3n) is 3.42. The van der Waals surface area contributed by atoms with E-state index in [-0.39, 0.29) is 0 Å². The van der Waals surface area contributed by atoms with Gasteiger partial charge < -0.3 is 13.6 Å². The topological polar surface area (TPSA) is 27.7 Å². The van der Waals surface area contributed by atoms with Crippen LogP contribution in [0.15, 0.2) is 49.0 Å². The quantitative estimate of drug-likeness (QED) is 0.219. The van der Waals surface area contributed by atoms with E-state index in [1.807, 2.05) is 18.2 Å². The van der Waals surface area contributed by atoms with Crippen LogP contribution in [0.3, 0.4) is 0 Å². The molecule has 2 aromatic rings. The minimum atomic E-state index is -1.79. The molecule has 3 nitrogen and oxygen atoms in total. The van der Waals surface area contributed by atoms with Crippen LogP contribution in [0.1, 0.15) is 11.1 Å². The molecule has 0 aliphatic carbocycles. The summed E-state index contributed by atoms with van der Waals surface area (Å²) in [6.45, 7) is 17.6. The first-order valence-corrected chi connectivity index (χ1v) is 16.9. The second-order valence-electron chi connectivity index (χ2n) is 8.43. The molecule has 0 fully saturated rings. The normalized spacial score (nSPS) is 11.8. The molecule has 0 aliphatic rings. The van der Waals surface area contributed by atoms with Gasteiger partial charge in [-0.2, -0.15) is 0 Å². The predicted molar refractivity (Wildman–Crippen MR) is 127 cm³/mol. The van der Waals surface area contributed by atoms with Crippen molar-refractivity contribution in [3.05, 3.63) is 63.7 Å². The number of halogens is 1. The van der Waals surface area contributed by atoms with Crippen LogP contribution >= 0.6 is 22.6 Å². The van der Waals surface area contributed by atoms with E-state index in [0.717, 1.165) is 22.6 Å². The largest absolute Gasteiger partial charge is 0.544 e. The van der Waals surface area contributed by atoms with E-state index in [0.29, 0.717) is 12.4 Å². The monoisotopic (exact) mass is 512 g/mol. The molecule has 2 rings (SSSR count). The van der Waals surface area contributed by atoms with Gasteiger partial charge in [-0.05, 0) is 91.7 Å². The molecule has 0 saturated carbocycles. The fourth-order valence-electron chi connectivity index (χ4n) is 2.41. The summed E-state index contributed by atoms with van der Waals surface area (Å²) >= 11 is 2.30. The molecule has 0 unspecified atom stereocenters. The van der Waals surface area contributed by atoms with Gasteiger partial charge in [-0.25, -0.2) is 0 Å². The Bertz CT molecular complexity index is 791. The third kappa shape index (κ3) is 7.71. The van der Waals surface area contributed by atoms with Crippen molar-refractivity contribution in [2.75, 3.05) is 0 Å². The zero-order valence-electron chi connectivity index (χ0n) is 17.1. The van der Waals surface area contributed by atoms with E-state index in [1.54, 1.807) is 0 Å². The molecule has 27 heavy (non-hydrogen) atoms. The highest BCUT2D eigenvalue weighted by molar-refractivity contribution is 14.1. The van der Waals surface area contributed by atoms with Gasteiger partial charge in [-0.1, -0.05) is 18.7 Å². The molecular formula is C21H29IO3Si2. The molecule has 0 atom stereocenters. The maximum absolute atomic E-state index is 6.31. The van der Waals surface area contributed by atoms with E-state index in [2.05, 4.69) is 92.7 Å². The summed E-state index contributed by atoms with van der Waals surface area (Å²) in [7, 11) is -3.53. The third-order valence-corrected chi connectivity index (χ3v) is 5.83. The van der Waals surface area contributed by atoms with Gasteiger partial charge in [-0.15, -0.1) is 0 Å². The average Bonchev–Trinajstić information content (AvgIpc) is 2.51. The van der Waals surface area contributed by atoms with Crippen LogP contribution in [0.2, 0.25) is 39.3 Å².